The molecular formula is C19H19FN6O3. The van der Waals surface area contributed by atoms with Crippen LogP contribution in [-0.4, -0.2) is 52.8 Å². The predicted octanol–water partition coefficient (Wildman–Crippen LogP) is 2.14. The molecule has 1 aliphatic carbocycles. The van der Waals surface area contributed by atoms with E-state index in [0.717, 1.165) is 0 Å². The highest BCUT2D eigenvalue weighted by Crippen LogP contribution is 2.27. The number of para-hydroxylation sites is 1. The second-order valence-corrected chi connectivity index (χ2v) is 6.57. The van der Waals surface area contributed by atoms with Gasteiger partial charge in [-0.05, 0) is 12.1 Å². The number of benzene rings is 1. The highest BCUT2D eigenvalue weighted by molar-refractivity contribution is 5.97. The van der Waals surface area contributed by atoms with E-state index >= 15 is 0 Å². The predicted molar refractivity (Wildman–Crippen MR) is 104 cm³/mol. The van der Waals surface area contributed by atoms with Crippen LogP contribution in [0.5, 0.6) is 0 Å². The van der Waals surface area contributed by atoms with Crippen molar-refractivity contribution in [1.82, 2.24) is 19.9 Å². The van der Waals surface area contributed by atoms with Crippen LogP contribution in [0.4, 0.5) is 21.6 Å². The molecule has 2 atom stereocenters. The summed E-state index contributed by atoms with van der Waals surface area (Å²) in [6.45, 7) is 0. The standard InChI is InChI=1S/C19H19FN6O3/c1-21-14-8-16(23-12-6-4-3-5-10(12)19(28)29-2)25-26-15(9-22-17(14)26)18(27)24-13-7-11(13)20/h3-6,8-9,11,13,21H,7H2,1-2H3,(H,23,25)(H,24,27)/t11-,13+/m0/s1. The molecule has 2 aromatic heterocycles. The topological polar surface area (TPSA) is 110 Å². The summed E-state index contributed by atoms with van der Waals surface area (Å²) in [4.78, 5) is 28.7. The number of anilines is 3. The molecule has 1 aliphatic rings. The van der Waals surface area contributed by atoms with E-state index in [0.29, 0.717) is 34.8 Å². The van der Waals surface area contributed by atoms with Gasteiger partial charge >= 0.3 is 5.97 Å². The molecule has 1 amide bonds. The summed E-state index contributed by atoms with van der Waals surface area (Å²) >= 11 is 0. The molecular weight excluding hydrogens is 379 g/mol. The summed E-state index contributed by atoms with van der Waals surface area (Å²) < 4.78 is 19.3. The number of nitrogens with one attached hydrogen (secondary N) is 3. The lowest BCUT2D eigenvalue weighted by Gasteiger charge is -2.12. The third kappa shape index (κ3) is 3.56. The highest BCUT2D eigenvalue weighted by atomic mass is 19.1. The van der Waals surface area contributed by atoms with E-state index in [1.54, 1.807) is 37.4 Å². The van der Waals surface area contributed by atoms with Crippen molar-refractivity contribution in [1.29, 1.82) is 0 Å². The number of halogens is 1. The number of nitrogens with zero attached hydrogens (tertiary/aromatic N) is 3. The van der Waals surface area contributed by atoms with Crippen LogP contribution in [0.2, 0.25) is 0 Å². The van der Waals surface area contributed by atoms with Gasteiger partial charge in [-0.25, -0.2) is 18.7 Å². The van der Waals surface area contributed by atoms with Crippen LogP contribution in [-0.2, 0) is 4.74 Å². The monoisotopic (exact) mass is 398 g/mol. The summed E-state index contributed by atoms with van der Waals surface area (Å²) in [5.74, 6) is -0.569. The van der Waals surface area contributed by atoms with E-state index in [4.69, 9.17) is 4.74 Å². The van der Waals surface area contributed by atoms with Crippen LogP contribution in [0.25, 0.3) is 5.65 Å². The fraction of sp³-hybridized carbons (Fsp3) is 0.263. The van der Waals surface area contributed by atoms with Crippen molar-refractivity contribution >= 4 is 34.7 Å². The Morgan fingerprint density at radius 1 is 1.28 bits per heavy atom. The molecule has 0 bridgehead atoms. The van der Waals surface area contributed by atoms with E-state index in [9.17, 15) is 14.0 Å². The smallest absolute Gasteiger partial charge is 0.339 e. The van der Waals surface area contributed by atoms with Crippen LogP contribution >= 0.6 is 0 Å². The zero-order valence-corrected chi connectivity index (χ0v) is 15.8. The molecule has 0 aliphatic heterocycles. The minimum absolute atomic E-state index is 0.181. The summed E-state index contributed by atoms with van der Waals surface area (Å²) in [7, 11) is 3.02. The number of aromatic nitrogens is 3. The van der Waals surface area contributed by atoms with E-state index in [1.807, 2.05) is 0 Å². The molecule has 3 aromatic rings. The number of carbonyl (C=O) groups excluding carboxylic acids is 2. The zero-order chi connectivity index (χ0) is 20.5. The lowest BCUT2D eigenvalue weighted by Crippen LogP contribution is -2.28. The van der Waals surface area contributed by atoms with Gasteiger partial charge in [0.25, 0.3) is 5.91 Å². The number of hydrogen-bond donors (Lipinski definition) is 3. The summed E-state index contributed by atoms with van der Waals surface area (Å²) in [5.41, 5.74) is 2.08. The van der Waals surface area contributed by atoms with Crippen molar-refractivity contribution in [2.24, 2.45) is 0 Å². The van der Waals surface area contributed by atoms with Crippen LogP contribution < -0.4 is 16.0 Å². The molecule has 10 heteroatoms. The van der Waals surface area contributed by atoms with Gasteiger partial charge in [0.15, 0.2) is 17.2 Å². The number of fused-ring (bicyclic) bond motifs is 1. The molecule has 0 radical (unpaired) electrons. The first kappa shape index (κ1) is 18.7. The second kappa shape index (κ2) is 7.38. The van der Waals surface area contributed by atoms with Gasteiger partial charge in [-0.1, -0.05) is 12.1 Å². The number of esters is 1. The molecule has 1 aromatic carbocycles. The Hall–Kier alpha value is -3.69. The molecule has 29 heavy (non-hydrogen) atoms. The van der Waals surface area contributed by atoms with E-state index in [1.165, 1.54) is 17.8 Å². The molecule has 150 valence electrons. The van der Waals surface area contributed by atoms with Crippen molar-refractivity contribution in [2.75, 3.05) is 24.8 Å². The maximum atomic E-state index is 13.1. The quantitative estimate of drug-likeness (QED) is 0.546. The van der Waals surface area contributed by atoms with Crippen LogP contribution in [0.1, 0.15) is 27.3 Å². The second-order valence-electron chi connectivity index (χ2n) is 6.57. The number of imidazole rings is 1. The average Bonchev–Trinajstić information content (AvgIpc) is 3.24. The van der Waals surface area contributed by atoms with E-state index in [2.05, 4.69) is 26.0 Å². The SMILES string of the molecule is CNc1cc(Nc2ccccc2C(=O)OC)nn2c(C(=O)N[C@@H]3C[C@@H]3F)cnc12. The van der Waals surface area contributed by atoms with E-state index < -0.39 is 24.1 Å². The Bertz CT molecular complexity index is 1100. The summed E-state index contributed by atoms with van der Waals surface area (Å²) in [6.07, 6.45) is 0.695. The van der Waals surface area contributed by atoms with Crippen LogP contribution in [0, 0.1) is 0 Å². The maximum absolute atomic E-state index is 13.1. The molecule has 3 N–H and O–H groups in total. The third-order valence-corrected chi connectivity index (χ3v) is 4.59. The van der Waals surface area contributed by atoms with Gasteiger partial charge in [0.1, 0.15) is 6.17 Å². The molecule has 0 spiro atoms. The lowest BCUT2D eigenvalue weighted by molar-refractivity contribution is 0.0601. The van der Waals surface area contributed by atoms with Gasteiger partial charge in [0.05, 0.1) is 36.3 Å². The van der Waals surface area contributed by atoms with Gasteiger partial charge in [0, 0.05) is 19.5 Å². The number of methoxy groups -OCH3 is 1. The molecule has 1 saturated carbocycles. The molecule has 0 saturated heterocycles. The molecule has 4 rings (SSSR count). The number of carbonyl (C=O) groups is 2. The Labute approximate surface area is 165 Å². The summed E-state index contributed by atoms with van der Waals surface area (Å²) in [6, 6.07) is 8.08. The number of alkyl halides is 1. The van der Waals surface area contributed by atoms with Gasteiger partial charge in [0.2, 0.25) is 0 Å². The first-order valence-electron chi connectivity index (χ1n) is 8.97. The van der Waals surface area contributed by atoms with Crippen molar-refractivity contribution in [2.45, 2.75) is 18.6 Å². The molecule has 0 unspecified atom stereocenters. The van der Waals surface area contributed by atoms with Crippen LogP contribution in [0.3, 0.4) is 0 Å². The first-order chi connectivity index (χ1) is 14.0. The number of ether oxygens (including phenoxy) is 1. The highest BCUT2D eigenvalue weighted by Gasteiger charge is 2.39. The minimum atomic E-state index is -1.01. The third-order valence-electron chi connectivity index (χ3n) is 4.59. The Kier molecular flexibility index (Phi) is 4.75. The van der Waals surface area contributed by atoms with Gasteiger partial charge in [-0.15, -0.1) is 5.10 Å². The first-order valence-corrected chi connectivity index (χ1v) is 8.97. The zero-order valence-electron chi connectivity index (χ0n) is 15.8. The van der Waals surface area contributed by atoms with Crippen molar-refractivity contribution in [3.8, 4) is 0 Å². The van der Waals surface area contributed by atoms with Gasteiger partial charge in [-0.3, -0.25) is 4.79 Å². The number of hydrogen-bond acceptors (Lipinski definition) is 7. The Balaban J connectivity index is 1.71. The number of amides is 1. The molecule has 1 fully saturated rings. The van der Waals surface area contributed by atoms with Gasteiger partial charge < -0.3 is 20.7 Å². The average molecular weight is 398 g/mol. The lowest BCUT2D eigenvalue weighted by atomic mass is 10.2. The Morgan fingerprint density at radius 3 is 2.72 bits per heavy atom. The largest absolute Gasteiger partial charge is 0.465 e. The minimum Gasteiger partial charge on any atom is -0.465 e. The number of rotatable bonds is 6. The van der Waals surface area contributed by atoms with Crippen molar-refractivity contribution in [3.63, 3.8) is 0 Å². The van der Waals surface area contributed by atoms with Crippen molar-refractivity contribution < 1.29 is 18.7 Å². The molecule has 2 heterocycles. The van der Waals surface area contributed by atoms with E-state index in [-0.39, 0.29) is 5.69 Å². The fourth-order valence-corrected chi connectivity index (χ4v) is 2.94. The Morgan fingerprint density at radius 2 is 2.03 bits per heavy atom. The fourth-order valence-electron chi connectivity index (χ4n) is 2.94. The van der Waals surface area contributed by atoms with Crippen molar-refractivity contribution in [3.05, 3.63) is 47.8 Å². The van der Waals surface area contributed by atoms with Gasteiger partial charge in [-0.2, -0.15) is 0 Å². The maximum Gasteiger partial charge on any atom is 0.339 e. The van der Waals surface area contributed by atoms with Crippen LogP contribution in [0.15, 0.2) is 36.5 Å². The summed E-state index contributed by atoms with van der Waals surface area (Å²) in [5, 5.41) is 13.1. The molecule has 9 nitrogen and oxygen atoms in total. The normalized spacial score (nSPS) is 17.6.